The summed E-state index contributed by atoms with van der Waals surface area (Å²) in [5.41, 5.74) is 0.996. The molecule has 5 nitrogen and oxygen atoms in total. The van der Waals surface area contributed by atoms with Crippen molar-refractivity contribution in [3.05, 3.63) is 11.9 Å². The lowest BCUT2D eigenvalue weighted by Gasteiger charge is -2.11. The van der Waals surface area contributed by atoms with E-state index < -0.39 is 0 Å². The first-order valence-electron chi connectivity index (χ1n) is 4.96. The molecule has 1 N–H and O–H groups in total. The Bertz CT molecular complexity index is 305. The van der Waals surface area contributed by atoms with Crippen molar-refractivity contribution >= 4 is 5.82 Å². The van der Waals surface area contributed by atoms with Gasteiger partial charge in [-0.25, -0.2) is 9.97 Å². The van der Waals surface area contributed by atoms with Crippen molar-refractivity contribution in [2.24, 2.45) is 0 Å². The van der Waals surface area contributed by atoms with Crippen LogP contribution in [0.25, 0.3) is 0 Å². The van der Waals surface area contributed by atoms with Crippen LogP contribution in [0.5, 0.6) is 5.88 Å². The summed E-state index contributed by atoms with van der Waals surface area (Å²) in [6.07, 6.45) is 2.33. The molecule has 0 bridgehead atoms. The smallest absolute Gasteiger partial charge is 0.221 e. The van der Waals surface area contributed by atoms with Crippen LogP contribution in [0.3, 0.4) is 0 Å². The van der Waals surface area contributed by atoms with E-state index in [0.717, 1.165) is 17.8 Å². The molecule has 0 aliphatic carbocycles. The molecule has 0 aliphatic rings. The van der Waals surface area contributed by atoms with Gasteiger partial charge in [-0.3, -0.25) is 0 Å². The third kappa shape index (κ3) is 3.06. The average molecular weight is 211 g/mol. The van der Waals surface area contributed by atoms with Crippen LogP contribution >= 0.6 is 0 Å². The lowest BCUT2D eigenvalue weighted by Crippen LogP contribution is -2.09. The van der Waals surface area contributed by atoms with Crippen molar-refractivity contribution in [2.75, 3.05) is 32.7 Å². The molecule has 0 aromatic carbocycles. The summed E-state index contributed by atoms with van der Waals surface area (Å²) in [5.74, 6) is 1.45. The van der Waals surface area contributed by atoms with Gasteiger partial charge in [0.2, 0.25) is 5.88 Å². The molecule has 0 saturated heterocycles. The Hall–Kier alpha value is -1.36. The number of methoxy groups -OCH3 is 1. The van der Waals surface area contributed by atoms with Crippen LogP contribution in [0.1, 0.15) is 12.5 Å². The largest absolute Gasteiger partial charge is 0.475 e. The van der Waals surface area contributed by atoms with E-state index in [-0.39, 0.29) is 0 Å². The fourth-order valence-electron chi connectivity index (χ4n) is 1.28. The number of rotatable bonds is 6. The van der Waals surface area contributed by atoms with Gasteiger partial charge in [-0.05, 0) is 6.42 Å². The Labute approximate surface area is 89.8 Å². The predicted molar refractivity (Wildman–Crippen MR) is 58.3 cm³/mol. The van der Waals surface area contributed by atoms with Crippen molar-refractivity contribution in [2.45, 2.75) is 13.3 Å². The molecule has 0 spiro atoms. The first-order chi connectivity index (χ1) is 7.33. The van der Waals surface area contributed by atoms with Gasteiger partial charge in [-0.2, -0.15) is 0 Å². The summed E-state index contributed by atoms with van der Waals surface area (Å²) in [6, 6.07) is 0. The second kappa shape index (κ2) is 6.19. The zero-order chi connectivity index (χ0) is 11.1. The molecule has 0 saturated carbocycles. The molecule has 0 aliphatic heterocycles. The van der Waals surface area contributed by atoms with Gasteiger partial charge in [0.15, 0.2) is 0 Å². The Balaban J connectivity index is 2.76. The number of nitrogens with one attached hydrogen (secondary N) is 1. The highest BCUT2D eigenvalue weighted by molar-refractivity contribution is 5.48. The molecule has 0 amide bonds. The van der Waals surface area contributed by atoms with Crippen LogP contribution in [0.15, 0.2) is 6.33 Å². The maximum atomic E-state index is 5.49. The molecule has 1 aromatic heterocycles. The predicted octanol–water partition coefficient (Wildman–Crippen LogP) is 1.11. The Morgan fingerprint density at radius 1 is 1.33 bits per heavy atom. The second-order valence-corrected chi connectivity index (χ2v) is 2.95. The van der Waals surface area contributed by atoms with E-state index in [1.165, 1.54) is 6.33 Å². The zero-order valence-corrected chi connectivity index (χ0v) is 9.41. The number of hydrogen-bond acceptors (Lipinski definition) is 5. The lowest BCUT2D eigenvalue weighted by atomic mass is 10.2. The molecular formula is C10H17N3O2. The molecule has 0 unspecified atom stereocenters. The SMILES string of the molecule is CCc1c(NC)ncnc1OCCOC. The molecule has 84 valence electrons. The zero-order valence-electron chi connectivity index (χ0n) is 9.41. The third-order valence-corrected chi connectivity index (χ3v) is 2.02. The van der Waals surface area contributed by atoms with Crippen molar-refractivity contribution in [1.82, 2.24) is 9.97 Å². The van der Waals surface area contributed by atoms with Gasteiger partial charge >= 0.3 is 0 Å². The Morgan fingerprint density at radius 3 is 2.73 bits per heavy atom. The summed E-state index contributed by atoms with van der Waals surface area (Å²) in [4.78, 5) is 8.22. The first kappa shape index (κ1) is 11.7. The lowest BCUT2D eigenvalue weighted by molar-refractivity contribution is 0.143. The van der Waals surface area contributed by atoms with Crippen LogP contribution in [0, 0.1) is 0 Å². The minimum Gasteiger partial charge on any atom is -0.475 e. The van der Waals surface area contributed by atoms with E-state index in [0.29, 0.717) is 19.1 Å². The molecule has 1 rings (SSSR count). The van der Waals surface area contributed by atoms with E-state index in [1.807, 2.05) is 14.0 Å². The van der Waals surface area contributed by atoms with E-state index in [9.17, 15) is 0 Å². The number of hydrogen-bond donors (Lipinski definition) is 1. The summed E-state index contributed by atoms with van der Waals surface area (Å²) < 4.78 is 10.4. The number of anilines is 1. The molecule has 5 heteroatoms. The normalized spacial score (nSPS) is 10.1. The molecule has 1 aromatic rings. The highest BCUT2D eigenvalue weighted by Crippen LogP contribution is 2.21. The van der Waals surface area contributed by atoms with Crippen molar-refractivity contribution in [3.8, 4) is 5.88 Å². The molecule has 0 atom stereocenters. The van der Waals surface area contributed by atoms with Crippen molar-refractivity contribution in [1.29, 1.82) is 0 Å². The Kier molecular flexibility index (Phi) is 4.83. The number of nitrogens with zero attached hydrogens (tertiary/aromatic N) is 2. The van der Waals surface area contributed by atoms with E-state index in [4.69, 9.17) is 9.47 Å². The van der Waals surface area contributed by atoms with E-state index >= 15 is 0 Å². The summed E-state index contributed by atoms with van der Waals surface area (Å²) >= 11 is 0. The number of ether oxygens (including phenoxy) is 2. The van der Waals surface area contributed by atoms with Crippen molar-refractivity contribution in [3.63, 3.8) is 0 Å². The van der Waals surface area contributed by atoms with Gasteiger partial charge in [0.05, 0.1) is 12.2 Å². The van der Waals surface area contributed by atoms with Gasteiger partial charge in [0, 0.05) is 14.2 Å². The maximum Gasteiger partial charge on any atom is 0.221 e. The summed E-state index contributed by atoms with van der Waals surface area (Å²) in [5, 5.41) is 3.01. The molecule has 0 radical (unpaired) electrons. The average Bonchev–Trinajstić information content (AvgIpc) is 2.29. The topological polar surface area (TPSA) is 56.3 Å². The van der Waals surface area contributed by atoms with Crippen LogP contribution < -0.4 is 10.1 Å². The third-order valence-electron chi connectivity index (χ3n) is 2.02. The summed E-state index contributed by atoms with van der Waals surface area (Å²) in [7, 11) is 3.48. The van der Waals surface area contributed by atoms with Crippen LogP contribution in [0.4, 0.5) is 5.82 Å². The fraction of sp³-hybridized carbons (Fsp3) is 0.600. The van der Waals surface area contributed by atoms with Crippen molar-refractivity contribution < 1.29 is 9.47 Å². The quantitative estimate of drug-likeness (QED) is 0.714. The maximum absolute atomic E-state index is 5.49. The van der Waals surface area contributed by atoms with Gasteiger partial charge in [0.1, 0.15) is 18.8 Å². The monoisotopic (exact) mass is 211 g/mol. The molecule has 1 heterocycles. The first-order valence-corrected chi connectivity index (χ1v) is 4.96. The van der Waals surface area contributed by atoms with Gasteiger partial charge in [-0.15, -0.1) is 0 Å². The highest BCUT2D eigenvalue weighted by atomic mass is 16.5. The van der Waals surface area contributed by atoms with Gasteiger partial charge < -0.3 is 14.8 Å². The molecular weight excluding hydrogens is 194 g/mol. The molecule has 0 fully saturated rings. The van der Waals surface area contributed by atoms with Gasteiger partial charge in [-0.1, -0.05) is 6.92 Å². The highest BCUT2D eigenvalue weighted by Gasteiger charge is 2.09. The Morgan fingerprint density at radius 2 is 2.13 bits per heavy atom. The van der Waals surface area contributed by atoms with Crippen LogP contribution in [-0.2, 0) is 11.2 Å². The van der Waals surface area contributed by atoms with Crippen LogP contribution in [-0.4, -0.2) is 37.3 Å². The second-order valence-electron chi connectivity index (χ2n) is 2.95. The van der Waals surface area contributed by atoms with Crippen LogP contribution in [0.2, 0.25) is 0 Å². The summed E-state index contributed by atoms with van der Waals surface area (Å²) in [6.45, 7) is 3.11. The number of aromatic nitrogens is 2. The van der Waals surface area contributed by atoms with Gasteiger partial charge in [0.25, 0.3) is 0 Å². The minimum atomic E-state index is 0.504. The van der Waals surface area contributed by atoms with E-state index in [1.54, 1.807) is 7.11 Å². The standard InChI is InChI=1S/C10H17N3O2/c1-4-8-9(11-2)12-7-13-10(8)15-6-5-14-3/h7H,4-6H2,1-3H3,(H,11,12,13). The molecule has 15 heavy (non-hydrogen) atoms. The van der Waals surface area contributed by atoms with E-state index in [2.05, 4.69) is 15.3 Å². The fourth-order valence-corrected chi connectivity index (χ4v) is 1.28. The minimum absolute atomic E-state index is 0.504.